The molecule has 0 N–H and O–H groups in total. The minimum atomic E-state index is -0.498. The third-order valence-corrected chi connectivity index (χ3v) is 7.73. The molecule has 1 nitrogen and oxygen atoms in total. The largest absolute Gasteiger partial charge is 0.486 e. The lowest BCUT2D eigenvalue weighted by Gasteiger charge is -2.42. The number of allylic oxidation sites excluding steroid dienone is 1. The summed E-state index contributed by atoms with van der Waals surface area (Å²) in [5.74, 6) is 2.15. The van der Waals surface area contributed by atoms with Crippen molar-refractivity contribution in [2.24, 2.45) is 17.8 Å². The van der Waals surface area contributed by atoms with Gasteiger partial charge >= 0.3 is 0 Å². The highest BCUT2D eigenvalue weighted by Crippen LogP contribution is 2.49. The number of hydrogen-bond donors (Lipinski definition) is 0. The molecular weight excluding hydrogens is 390 g/mol. The van der Waals surface area contributed by atoms with Crippen molar-refractivity contribution in [3.05, 3.63) is 53.6 Å². The molecule has 0 heterocycles. The van der Waals surface area contributed by atoms with E-state index in [0.29, 0.717) is 17.4 Å². The molecule has 3 heteroatoms. The molecule has 0 radical (unpaired) electrons. The van der Waals surface area contributed by atoms with Gasteiger partial charge in [0, 0.05) is 5.39 Å². The fraction of sp³-hybridized carbons (Fsp3) is 0.571. The van der Waals surface area contributed by atoms with Crippen molar-refractivity contribution in [2.45, 2.75) is 77.6 Å². The number of ether oxygens (including phenoxy) is 1. The average Bonchev–Trinajstić information content (AvgIpc) is 2.78. The lowest BCUT2D eigenvalue weighted by molar-refractivity contribution is 0.113. The van der Waals surface area contributed by atoms with Gasteiger partial charge in [-0.2, -0.15) is 0 Å². The number of benzene rings is 2. The number of rotatable bonds is 7. The second kappa shape index (κ2) is 10.1. The smallest absolute Gasteiger partial charge is 0.165 e. The Hall–Kier alpha value is -1.90. The van der Waals surface area contributed by atoms with Gasteiger partial charge in [0.25, 0.3) is 0 Å². The third kappa shape index (κ3) is 4.96. The third-order valence-electron chi connectivity index (χ3n) is 7.73. The van der Waals surface area contributed by atoms with Crippen molar-refractivity contribution in [1.82, 2.24) is 0 Å². The first kappa shape index (κ1) is 22.3. The fourth-order valence-electron chi connectivity index (χ4n) is 5.99. The Balaban J connectivity index is 1.49. The maximum Gasteiger partial charge on any atom is 0.165 e. The maximum atomic E-state index is 15.5. The van der Waals surface area contributed by atoms with Crippen LogP contribution in [0.25, 0.3) is 10.8 Å². The molecule has 2 aromatic rings. The van der Waals surface area contributed by atoms with Crippen molar-refractivity contribution < 1.29 is 13.5 Å². The van der Waals surface area contributed by atoms with Crippen molar-refractivity contribution in [3.63, 3.8) is 0 Å². The normalized spacial score (nSPS) is 26.3. The highest BCUT2D eigenvalue weighted by atomic mass is 19.1. The Morgan fingerprint density at radius 2 is 1.84 bits per heavy atom. The quantitative estimate of drug-likeness (QED) is 0.403. The van der Waals surface area contributed by atoms with Crippen LogP contribution in [0.1, 0.15) is 83.1 Å². The molecule has 2 aliphatic rings. The van der Waals surface area contributed by atoms with E-state index in [9.17, 15) is 4.39 Å². The molecule has 168 valence electrons. The summed E-state index contributed by atoms with van der Waals surface area (Å²) in [5, 5.41) is 1.07. The Morgan fingerprint density at radius 3 is 2.65 bits per heavy atom. The van der Waals surface area contributed by atoms with Gasteiger partial charge in [0.15, 0.2) is 11.6 Å². The van der Waals surface area contributed by atoms with E-state index in [1.165, 1.54) is 51.0 Å². The molecule has 2 aromatic carbocycles. The van der Waals surface area contributed by atoms with Gasteiger partial charge in [-0.25, -0.2) is 8.78 Å². The summed E-state index contributed by atoms with van der Waals surface area (Å²) in [6, 6.07) is 6.80. The summed E-state index contributed by atoms with van der Waals surface area (Å²) in [6.45, 7) is 4.48. The molecule has 0 saturated heterocycles. The average molecular weight is 427 g/mol. The van der Waals surface area contributed by atoms with E-state index < -0.39 is 5.82 Å². The van der Waals surface area contributed by atoms with E-state index in [1.807, 2.05) is 31.2 Å². The van der Waals surface area contributed by atoms with Crippen molar-refractivity contribution in [2.75, 3.05) is 6.61 Å². The number of halogens is 2. The number of unbranched alkanes of at least 4 members (excludes halogenated alkanes) is 1. The number of fused-ring (bicyclic) bond motifs is 2. The van der Waals surface area contributed by atoms with Crippen molar-refractivity contribution in [3.8, 4) is 5.75 Å². The van der Waals surface area contributed by atoms with Crippen LogP contribution in [0.4, 0.5) is 8.78 Å². The lowest BCUT2D eigenvalue weighted by Crippen LogP contribution is -2.30. The van der Waals surface area contributed by atoms with Crippen LogP contribution in [0.3, 0.4) is 0 Å². The Bertz CT molecular complexity index is 919. The Labute approximate surface area is 185 Å². The van der Waals surface area contributed by atoms with Crippen LogP contribution in [0.5, 0.6) is 5.75 Å². The first-order chi connectivity index (χ1) is 15.1. The molecular formula is C28H36F2O. The van der Waals surface area contributed by atoms with Crippen LogP contribution in [-0.2, 0) is 0 Å². The van der Waals surface area contributed by atoms with Crippen molar-refractivity contribution >= 4 is 10.8 Å². The van der Waals surface area contributed by atoms with Crippen LogP contribution in [0, 0.1) is 29.4 Å². The monoisotopic (exact) mass is 426 g/mol. The highest BCUT2D eigenvalue weighted by molar-refractivity contribution is 5.85. The van der Waals surface area contributed by atoms with Gasteiger partial charge in [-0.05, 0) is 85.8 Å². The van der Waals surface area contributed by atoms with Crippen LogP contribution in [0.15, 0.2) is 36.4 Å². The Kier molecular flexibility index (Phi) is 7.30. The zero-order chi connectivity index (χ0) is 21.8. The zero-order valence-corrected chi connectivity index (χ0v) is 19.0. The molecule has 31 heavy (non-hydrogen) atoms. The highest BCUT2D eigenvalue weighted by Gasteiger charge is 2.36. The predicted molar refractivity (Wildman–Crippen MR) is 125 cm³/mol. The van der Waals surface area contributed by atoms with Crippen LogP contribution >= 0.6 is 0 Å². The molecule has 4 atom stereocenters. The first-order valence-electron chi connectivity index (χ1n) is 12.3. The fourth-order valence-corrected chi connectivity index (χ4v) is 5.99. The molecule has 0 aliphatic heterocycles. The maximum absolute atomic E-state index is 15.5. The van der Waals surface area contributed by atoms with Gasteiger partial charge in [-0.3, -0.25) is 0 Å². The van der Waals surface area contributed by atoms with E-state index in [2.05, 4.69) is 6.92 Å². The molecule has 0 amide bonds. The second-order valence-corrected chi connectivity index (χ2v) is 9.70. The summed E-state index contributed by atoms with van der Waals surface area (Å²) in [4.78, 5) is 0. The summed E-state index contributed by atoms with van der Waals surface area (Å²) in [7, 11) is 0. The van der Waals surface area contributed by atoms with Crippen LogP contribution in [-0.4, -0.2) is 6.61 Å². The molecule has 0 spiro atoms. The van der Waals surface area contributed by atoms with E-state index in [1.54, 1.807) is 6.07 Å². The van der Waals surface area contributed by atoms with E-state index in [4.69, 9.17) is 4.74 Å². The summed E-state index contributed by atoms with van der Waals surface area (Å²) in [5.41, 5.74) is 0.779. The summed E-state index contributed by atoms with van der Waals surface area (Å²) in [6.07, 6.45) is 15.1. The van der Waals surface area contributed by atoms with Gasteiger partial charge < -0.3 is 4.74 Å². The van der Waals surface area contributed by atoms with E-state index >= 15 is 4.39 Å². The van der Waals surface area contributed by atoms with E-state index in [0.717, 1.165) is 36.2 Å². The predicted octanol–water partition coefficient (Wildman–Crippen LogP) is 8.56. The molecule has 2 saturated carbocycles. The van der Waals surface area contributed by atoms with Gasteiger partial charge in [-0.1, -0.05) is 56.9 Å². The topological polar surface area (TPSA) is 9.23 Å². The van der Waals surface area contributed by atoms with Crippen LogP contribution < -0.4 is 4.74 Å². The van der Waals surface area contributed by atoms with Gasteiger partial charge in [0.2, 0.25) is 0 Å². The SMILES string of the molecule is C/C=C/COc1cc2ccc(C3CCC4CC(CCCC)CCC4C3)c(F)c2cc1F. The van der Waals surface area contributed by atoms with Gasteiger partial charge in [-0.15, -0.1) is 0 Å². The van der Waals surface area contributed by atoms with Crippen molar-refractivity contribution in [1.29, 1.82) is 0 Å². The minimum absolute atomic E-state index is 0.179. The Morgan fingerprint density at radius 1 is 1.03 bits per heavy atom. The van der Waals surface area contributed by atoms with Crippen LogP contribution in [0.2, 0.25) is 0 Å². The molecule has 0 bridgehead atoms. The zero-order valence-electron chi connectivity index (χ0n) is 19.0. The molecule has 2 fully saturated rings. The second-order valence-electron chi connectivity index (χ2n) is 9.70. The molecule has 2 aliphatic carbocycles. The first-order valence-corrected chi connectivity index (χ1v) is 12.3. The van der Waals surface area contributed by atoms with Gasteiger partial charge in [0.1, 0.15) is 12.4 Å². The van der Waals surface area contributed by atoms with E-state index in [-0.39, 0.29) is 17.5 Å². The summed E-state index contributed by atoms with van der Waals surface area (Å²) >= 11 is 0. The molecule has 4 unspecified atom stereocenters. The summed E-state index contributed by atoms with van der Waals surface area (Å²) < 4.78 is 35.5. The number of hydrogen-bond acceptors (Lipinski definition) is 1. The molecule has 0 aromatic heterocycles. The standard InChI is InChI=1S/C28H36F2O/c1-3-5-7-19-8-9-21-16-22(11-10-20(21)15-19)24-13-12-23-17-27(31-14-6-4-2)26(29)18-25(23)28(24)30/h4,6,12-13,17-22H,3,5,7-11,14-16H2,1-2H3/b6-4+. The minimum Gasteiger partial charge on any atom is -0.486 e. The van der Waals surface area contributed by atoms with Gasteiger partial charge in [0.05, 0.1) is 0 Å². The molecule has 4 rings (SSSR count). The lowest BCUT2D eigenvalue weighted by atomic mass is 9.63.